The third kappa shape index (κ3) is 4.22. The molecule has 0 saturated carbocycles. The fraction of sp³-hybridized carbons (Fsp3) is 0.0526. The van der Waals surface area contributed by atoms with Crippen LogP contribution in [0.2, 0.25) is 0 Å². The minimum absolute atomic E-state index is 0.160. The average molecular weight is 721 g/mol. The lowest BCUT2D eigenvalue weighted by molar-refractivity contribution is 0.626. The van der Waals surface area contributed by atoms with Crippen molar-refractivity contribution in [1.29, 1.82) is 0 Å². The van der Waals surface area contributed by atoms with Crippen molar-refractivity contribution in [2.24, 2.45) is 0 Å². The summed E-state index contributed by atoms with van der Waals surface area (Å²) in [4.78, 5) is 0. The van der Waals surface area contributed by atoms with Gasteiger partial charge in [-0.25, -0.2) is 0 Å². The number of hydrogen-bond acceptors (Lipinski definition) is 0. The number of benzene rings is 11. The zero-order valence-electron chi connectivity index (χ0n) is 31.4. The van der Waals surface area contributed by atoms with Crippen LogP contribution in [0.5, 0.6) is 0 Å². The third-order valence-electron chi connectivity index (χ3n) is 13.6. The summed E-state index contributed by atoms with van der Waals surface area (Å²) in [5.41, 5.74) is 13.5. The monoisotopic (exact) mass is 720 g/mol. The van der Waals surface area contributed by atoms with Crippen LogP contribution in [0.3, 0.4) is 0 Å². The van der Waals surface area contributed by atoms with E-state index in [2.05, 4.69) is 194 Å². The van der Waals surface area contributed by atoms with Crippen LogP contribution in [0, 0.1) is 0 Å². The van der Waals surface area contributed by atoms with E-state index < -0.39 is 0 Å². The number of hydrogen-bond donors (Lipinski definition) is 0. The molecule has 1 atom stereocenters. The summed E-state index contributed by atoms with van der Waals surface area (Å²) in [6.07, 6.45) is 2.17. The summed E-state index contributed by atoms with van der Waals surface area (Å²) in [7, 11) is 0. The maximum absolute atomic E-state index is 2.55. The topological polar surface area (TPSA) is 0 Å². The Balaban J connectivity index is 1.10. The van der Waals surface area contributed by atoms with Gasteiger partial charge in [-0.3, -0.25) is 0 Å². The molecule has 2 aliphatic rings. The largest absolute Gasteiger partial charge is 0.0622 e. The van der Waals surface area contributed by atoms with E-state index in [1.807, 2.05) is 0 Å². The van der Waals surface area contributed by atoms with Gasteiger partial charge in [0.2, 0.25) is 0 Å². The molecule has 11 aromatic rings. The minimum atomic E-state index is -0.160. The molecule has 11 aromatic carbocycles. The summed E-state index contributed by atoms with van der Waals surface area (Å²) in [5.74, 6) is 0. The smallest absolute Gasteiger partial charge is 0.0469 e. The molecule has 1 spiro atoms. The second-order valence-corrected chi connectivity index (χ2v) is 16.3. The van der Waals surface area contributed by atoms with Crippen molar-refractivity contribution in [2.45, 2.75) is 18.3 Å². The van der Waals surface area contributed by atoms with E-state index in [0.29, 0.717) is 0 Å². The molecule has 0 saturated heterocycles. The SMILES string of the molecule is c1ccc(-c2ccc3c4ccc(-c5ccc6c(c5)C5(CCc7cc8ccccc8cc75)c5ccccc5-6)cc4c4c5ccccc5c5ccccc5c4c3c2)cc1. The van der Waals surface area contributed by atoms with E-state index in [9.17, 15) is 0 Å². The highest BCUT2D eigenvalue weighted by Gasteiger charge is 2.48. The Bertz CT molecular complexity index is 3520. The van der Waals surface area contributed by atoms with Crippen molar-refractivity contribution >= 4 is 64.6 Å². The van der Waals surface area contributed by atoms with E-state index in [1.54, 1.807) is 0 Å². The lowest BCUT2D eigenvalue weighted by Crippen LogP contribution is -2.23. The predicted octanol–water partition coefficient (Wildman–Crippen LogP) is 15.2. The summed E-state index contributed by atoms with van der Waals surface area (Å²) < 4.78 is 0. The molecule has 264 valence electrons. The zero-order valence-corrected chi connectivity index (χ0v) is 31.4. The molecule has 0 nitrogen and oxygen atoms in total. The van der Waals surface area contributed by atoms with E-state index in [4.69, 9.17) is 0 Å². The van der Waals surface area contributed by atoms with Gasteiger partial charge in [-0.15, -0.1) is 0 Å². The molecule has 0 fully saturated rings. The van der Waals surface area contributed by atoms with Gasteiger partial charge in [-0.2, -0.15) is 0 Å². The van der Waals surface area contributed by atoms with Gasteiger partial charge in [-0.1, -0.05) is 170 Å². The van der Waals surface area contributed by atoms with Crippen LogP contribution in [-0.2, 0) is 11.8 Å². The molecular weight excluding hydrogens is 685 g/mol. The van der Waals surface area contributed by atoms with Crippen LogP contribution < -0.4 is 0 Å². The highest BCUT2D eigenvalue weighted by molar-refractivity contribution is 6.39. The quantitative estimate of drug-likeness (QED) is 0.156. The molecule has 0 N–H and O–H groups in total. The lowest BCUT2D eigenvalue weighted by atomic mass is 9.72. The van der Waals surface area contributed by atoms with E-state index in [0.717, 1.165) is 12.8 Å². The van der Waals surface area contributed by atoms with E-state index in [1.165, 1.54) is 120 Å². The van der Waals surface area contributed by atoms with Crippen LogP contribution in [0.1, 0.15) is 28.7 Å². The van der Waals surface area contributed by atoms with Gasteiger partial charge in [0.25, 0.3) is 0 Å². The highest BCUT2D eigenvalue weighted by Crippen LogP contribution is 2.59. The van der Waals surface area contributed by atoms with Gasteiger partial charge in [0, 0.05) is 5.41 Å². The number of fused-ring (bicyclic) bond motifs is 19. The first-order valence-electron chi connectivity index (χ1n) is 20.3. The predicted molar refractivity (Wildman–Crippen MR) is 242 cm³/mol. The maximum Gasteiger partial charge on any atom is 0.0469 e. The van der Waals surface area contributed by atoms with Gasteiger partial charge in [0.1, 0.15) is 0 Å². The Labute approximate surface area is 331 Å². The fourth-order valence-corrected chi connectivity index (χ4v) is 11.1. The first-order chi connectivity index (χ1) is 28.2. The Hall–Kier alpha value is -7.02. The Morgan fingerprint density at radius 3 is 1.51 bits per heavy atom. The van der Waals surface area contributed by atoms with Crippen molar-refractivity contribution in [2.75, 3.05) is 0 Å². The fourth-order valence-electron chi connectivity index (χ4n) is 11.1. The van der Waals surface area contributed by atoms with Crippen LogP contribution in [0.15, 0.2) is 194 Å². The second-order valence-electron chi connectivity index (χ2n) is 16.3. The lowest BCUT2D eigenvalue weighted by Gasteiger charge is -2.29. The molecule has 2 aliphatic carbocycles. The molecule has 1 unspecified atom stereocenters. The highest BCUT2D eigenvalue weighted by atomic mass is 14.5. The standard InChI is InChI=1S/C57H36/c1-2-12-35(13-3-1)38-22-25-44-45-26-23-39(32-51(45)56-49-20-9-7-17-43(49)42-16-6-8-19-48(42)55(56)50(44)31-38)40-24-27-47-46-18-10-11-21-52(46)57(54(47)34-40)29-28-41-30-36-14-4-5-15-37(36)33-53(41)57/h1-27,30-34H,28-29H2. The molecule has 0 heterocycles. The van der Waals surface area contributed by atoms with Gasteiger partial charge in [0.05, 0.1) is 0 Å². The van der Waals surface area contributed by atoms with Gasteiger partial charge >= 0.3 is 0 Å². The Morgan fingerprint density at radius 1 is 0.298 bits per heavy atom. The molecule has 0 heteroatoms. The van der Waals surface area contributed by atoms with Crippen molar-refractivity contribution in [1.82, 2.24) is 0 Å². The molecule has 13 rings (SSSR count). The maximum atomic E-state index is 2.55. The number of aryl methyl sites for hydroxylation is 1. The van der Waals surface area contributed by atoms with Gasteiger partial charge in [-0.05, 0) is 157 Å². The molecule has 0 bridgehead atoms. The molecular formula is C57H36. The first kappa shape index (κ1) is 31.2. The average Bonchev–Trinajstić information content (AvgIpc) is 3.80. The van der Waals surface area contributed by atoms with E-state index >= 15 is 0 Å². The van der Waals surface area contributed by atoms with Crippen LogP contribution in [0.25, 0.3) is 98.0 Å². The molecule has 0 radical (unpaired) electrons. The van der Waals surface area contributed by atoms with Crippen molar-refractivity contribution in [3.8, 4) is 33.4 Å². The summed E-state index contributed by atoms with van der Waals surface area (Å²) in [5, 5.41) is 15.7. The molecule has 0 aromatic heterocycles. The van der Waals surface area contributed by atoms with Crippen LogP contribution in [-0.4, -0.2) is 0 Å². The zero-order chi connectivity index (χ0) is 37.2. The molecule has 0 aliphatic heterocycles. The summed E-state index contributed by atoms with van der Waals surface area (Å²) >= 11 is 0. The molecule has 0 amide bonds. The van der Waals surface area contributed by atoms with E-state index in [-0.39, 0.29) is 5.41 Å². The second kappa shape index (κ2) is 11.5. The third-order valence-corrected chi connectivity index (χ3v) is 13.6. The van der Waals surface area contributed by atoms with Gasteiger partial charge < -0.3 is 0 Å². The van der Waals surface area contributed by atoms with Crippen LogP contribution >= 0.6 is 0 Å². The first-order valence-corrected chi connectivity index (χ1v) is 20.3. The van der Waals surface area contributed by atoms with Gasteiger partial charge in [0.15, 0.2) is 0 Å². The van der Waals surface area contributed by atoms with Crippen molar-refractivity contribution in [3.05, 3.63) is 216 Å². The number of rotatable bonds is 2. The molecule has 57 heavy (non-hydrogen) atoms. The van der Waals surface area contributed by atoms with Crippen molar-refractivity contribution < 1.29 is 0 Å². The minimum Gasteiger partial charge on any atom is -0.0622 e. The Morgan fingerprint density at radius 2 is 0.807 bits per heavy atom. The summed E-state index contributed by atoms with van der Waals surface area (Å²) in [6.45, 7) is 0. The summed E-state index contributed by atoms with van der Waals surface area (Å²) in [6, 6.07) is 73.5. The van der Waals surface area contributed by atoms with Crippen molar-refractivity contribution in [3.63, 3.8) is 0 Å². The normalized spacial score (nSPS) is 15.6. The van der Waals surface area contributed by atoms with Crippen LogP contribution in [0.4, 0.5) is 0 Å². The Kier molecular flexibility index (Phi) is 6.30.